The van der Waals surface area contributed by atoms with E-state index in [1.807, 2.05) is 0 Å². The number of rotatable bonds is 3. The van der Waals surface area contributed by atoms with Gasteiger partial charge in [0, 0.05) is 32.2 Å². The predicted octanol–water partition coefficient (Wildman–Crippen LogP) is 1.32. The molecule has 21 heavy (non-hydrogen) atoms. The molecule has 1 aliphatic carbocycles. The summed E-state index contributed by atoms with van der Waals surface area (Å²) in [6.45, 7) is 1.48. The number of carbonyl (C=O) groups excluding carboxylic acids is 1. The summed E-state index contributed by atoms with van der Waals surface area (Å²) in [4.78, 5) is 21.3. The number of aromatic nitrogens is 2. The van der Waals surface area contributed by atoms with Crippen LogP contribution in [-0.2, 0) is 28.0 Å². The highest BCUT2D eigenvalue weighted by atomic mass is 16.5. The Hall–Kier alpha value is -1.53. The van der Waals surface area contributed by atoms with E-state index in [2.05, 4.69) is 10.3 Å². The summed E-state index contributed by atoms with van der Waals surface area (Å²) >= 11 is 0. The summed E-state index contributed by atoms with van der Waals surface area (Å²) in [6, 6.07) is 0. The maximum absolute atomic E-state index is 12.1. The molecule has 6 nitrogen and oxygen atoms in total. The van der Waals surface area contributed by atoms with Gasteiger partial charge in [-0.1, -0.05) is 0 Å². The van der Waals surface area contributed by atoms with Gasteiger partial charge in [-0.05, 0) is 25.7 Å². The number of fused-ring (bicyclic) bond motifs is 1. The minimum atomic E-state index is -0.442. The largest absolute Gasteiger partial charge is 0.464 e. The molecular weight excluding hydrogens is 270 g/mol. The maximum Gasteiger partial charge on any atom is 0.357 e. The first-order valence-electron chi connectivity index (χ1n) is 7.44. The topological polar surface area (TPSA) is 73.3 Å². The molecule has 1 N–H and O–H groups in total. The number of hydrogen-bond donors (Lipinski definition) is 1. The first kappa shape index (κ1) is 14.4. The van der Waals surface area contributed by atoms with Crippen LogP contribution in [0.2, 0.25) is 0 Å². The van der Waals surface area contributed by atoms with Crippen LogP contribution >= 0.6 is 0 Å². The maximum atomic E-state index is 12.1. The lowest BCUT2D eigenvalue weighted by atomic mass is 9.98. The van der Waals surface area contributed by atoms with Crippen molar-refractivity contribution >= 4 is 5.97 Å². The average molecular weight is 291 g/mol. The van der Waals surface area contributed by atoms with Crippen molar-refractivity contribution in [2.75, 3.05) is 20.8 Å². The van der Waals surface area contributed by atoms with E-state index in [9.17, 15) is 4.79 Å². The molecule has 0 amide bonds. The monoisotopic (exact) mass is 291 g/mol. The standard InChI is InChI=1S/C15H21N3O3/c1-20-13(19)12-10-9-16-8-5-11(10)17-14(18-12)15(21-2)6-3-4-7-15/h16H,3-9H2,1-2H3. The molecule has 114 valence electrons. The summed E-state index contributed by atoms with van der Waals surface area (Å²) in [7, 11) is 3.09. The summed E-state index contributed by atoms with van der Waals surface area (Å²) in [6.07, 6.45) is 4.81. The van der Waals surface area contributed by atoms with Crippen LogP contribution in [0.3, 0.4) is 0 Å². The third-order valence-electron chi connectivity index (χ3n) is 4.52. The molecule has 1 aromatic heterocycles. The van der Waals surface area contributed by atoms with Crippen molar-refractivity contribution in [1.82, 2.24) is 15.3 Å². The van der Waals surface area contributed by atoms with Crippen LogP contribution in [0.4, 0.5) is 0 Å². The Balaban J connectivity index is 2.11. The molecule has 1 fully saturated rings. The zero-order valence-electron chi connectivity index (χ0n) is 12.6. The average Bonchev–Trinajstić information content (AvgIpc) is 3.03. The molecule has 1 saturated carbocycles. The molecule has 0 spiro atoms. The molecule has 6 heteroatoms. The molecule has 0 unspecified atom stereocenters. The number of hydrogen-bond acceptors (Lipinski definition) is 6. The van der Waals surface area contributed by atoms with E-state index in [0.29, 0.717) is 18.1 Å². The van der Waals surface area contributed by atoms with E-state index in [1.165, 1.54) is 7.11 Å². The van der Waals surface area contributed by atoms with Gasteiger partial charge in [-0.2, -0.15) is 0 Å². The summed E-state index contributed by atoms with van der Waals surface area (Å²) in [5.74, 6) is 0.242. The van der Waals surface area contributed by atoms with Crippen molar-refractivity contribution in [3.63, 3.8) is 0 Å². The SMILES string of the molecule is COC(=O)c1nc(C2(OC)CCCC2)nc2c1CNCC2. The first-order valence-corrected chi connectivity index (χ1v) is 7.44. The van der Waals surface area contributed by atoms with Gasteiger partial charge in [0.15, 0.2) is 11.5 Å². The van der Waals surface area contributed by atoms with E-state index in [0.717, 1.165) is 49.9 Å². The number of carbonyl (C=O) groups is 1. The van der Waals surface area contributed by atoms with E-state index < -0.39 is 11.6 Å². The normalized spacial score (nSPS) is 20.1. The number of esters is 1. The second-order valence-corrected chi connectivity index (χ2v) is 5.64. The van der Waals surface area contributed by atoms with Crippen LogP contribution in [-0.4, -0.2) is 36.7 Å². The number of nitrogens with one attached hydrogen (secondary N) is 1. The van der Waals surface area contributed by atoms with Gasteiger partial charge in [0.2, 0.25) is 0 Å². The van der Waals surface area contributed by atoms with E-state index in [-0.39, 0.29) is 0 Å². The van der Waals surface area contributed by atoms with Crippen molar-refractivity contribution in [2.45, 2.75) is 44.2 Å². The molecule has 2 aliphatic rings. The summed E-state index contributed by atoms with van der Waals surface area (Å²) in [5, 5.41) is 3.25. The summed E-state index contributed by atoms with van der Waals surface area (Å²) in [5.41, 5.74) is 1.75. The molecule has 2 heterocycles. The second-order valence-electron chi connectivity index (χ2n) is 5.64. The van der Waals surface area contributed by atoms with Gasteiger partial charge < -0.3 is 14.8 Å². The molecular formula is C15H21N3O3. The fourth-order valence-electron chi connectivity index (χ4n) is 3.28. The third-order valence-corrected chi connectivity index (χ3v) is 4.52. The highest BCUT2D eigenvalue weighted by Crippen LogP contribution is 2.40. The highest BCUT2D eigenvalue weighted by molar-refractivity contribution is 5.89. The molecule has 0 radical (unpaired) electrons. The first-order chi connectivity index (χ1) is 10.2. The minimum absolute atomic E-state index is 0.382. The molecule has 0 aromatic carbocycles. The van der Waals surface area contributed by atoms with Crippen LogP contribution in [0.1, 0.15) is 53.3 Å². The van der Waals surface area contributed by atoms with Gasteiger partial charge in [0.05, 0.1) is 12.8 Å². The van der Waals surface area contributed by atoms with Crippen molar-refractivity contribution in [3.05, 3.63) is 22.8 Å². The molecule has 0 bridgehead atoms. The van der Waals surface area contributed by atoms with Crippen molar-refractivity contribution in [2.24, 2.45) is 0 Å². The number of nitrogens with zero attached hydrogens (tertiary/aromatic N) is 2. The predicted molar refractivity (Wildman–Crippen MR) is 75.9 cm³/mol. The van der Waals surface area contributed by atoms with E-state index in [1.54, 1.807) is 7.11 Å². The Kier molecular flexibility index (Phi) is 3.91. The number of methoxy groups -OCH3 is 2. The molecule has 1 aromatic rings. The molecule has 0 saturated heterocycles. The van der Waals surface area contributed by atoms with Crippen molar-refractivity contribution < 1.29 is 14.3 Å². The van der Waals surface area contributed by atoms with Gasteiger partial charge in [0.1, 0.15) is 5.60 Å². The fraction of sp³-hybridized carbons (Fsp3) is 0.667. The molecule has 3 rings (SSSR count). The minimum Gasteiger partial charge on any atom is -0.464 e. The third kappa shape index (κ3) is 2.42. The lowest BCUT2D eigenvalue weighted by molar-refractivity contribution is -0.0167. The van der Waals surface area contributed by atoms with E-state index >= 15 is 0 Å². The van der Waals surface area contributed by atoms with Gasteiger partial charge in [0.25, 0.3) is 0 Å². The van der Waals surface area contributed by atoms with Gasteiger partial charge in [-0.3, -0.25) is 0 Å². The lowest BCUT2D eigenvalue weighted by Gasteiger charge is -2.28. The Morgan fingerprint density at radius 3 is 2.67 bits per heavy atom. The van der Waals surface area contributed by atoms with Crippen LogP contribution in [0.15, 0.2) is 0 Å². The van der Waals surface area contributed by atoms with Crippen LogP contribution in [0.5, 0.6) is 0 Å². The lowest BCUT2D eigenvalue weighted by Crippen LogP contribution is -2.33. The Bertz CT molecular complexity index is 553. The van der Waals surface area contributed by atoms with Crippen molar-refractivity contribution in [3.8, 4) is 0 Å². The van der Waals surface area contributed by atoms with Crippen LogP contribution in [0.25, 0.3) is 0 Å². The van der Waals surface area contributed by atoms with E-state index in [4.69, 9.17) is 14.5 Å². The second kappa shape index (κ2) is 5.69. The van der Waals surface area contributed by atoms with Gasteiger partial charge >= 0.3 is 5.97 Å². The Morgan fingerprint density at radius 1 is 1.24 bits per heavy atom. The zero-order chi connectivity index (χ0) is 14.9. The zero-order valence-corrected chi connectivity index (χ0v) is 12.6. The quantitative estimate of drug-likeness (QED) is 0.847. The van der Waals surface area contributed by atoms with Crippen molar-refractivity contribution in [1.29, 1.82) is 0 Å². The summed E-state index contributed by atoms with van der Waals surface area (Å²) < 4.78 is 10.6. The Labute approximate surface area is 124 Å². The van der Waals surface area contributed by atoms with Crippen LogP contribution in [0, 0.1) is 0 Å². The molecule has 0 atom stereocenters. The van der Waals surface area contributed by atoms with Gasteiger partial charge in [-0.25, -0.2) is 14.8 Å². The van der Waals surface area contributed by atoms with Crippen LogP contribution < -0.4 is 5.32 Å². The van der Waals surface area contributed by atoms with Gasteiger partial charge in [-0.15, -0.1) is 0 Å². The number of ether oxygens (including phenoxy) is 2. The Morgan fingerprint density at radius 2 is 2.00 bits per heavy atom. The highest BCUT2D eigenvalue weighted by Gasteiger charge is 2.40. The fourth-order valence-corrected chi connectivity index (χ4v) is 3.28. The smallest absolute Gasteiger partial charge is 0.357 e. The molecule has 1 aliphatic heterocycles.